The van der Waals surface area contributed by atoms with E-state index in [-0.39, 0.29) is 5.60 Å². The summed E-state index contributed by atoms with van der Waals surface area (Å²) in [5.74, 6) is 6.02. The van der Waals surface area contributed by atoms with Crippen LogP contribution in [0.4, 0.5) is 0 Å². The molecule has 0 radical (unpaired) electrons. The molecule has 5 rings (SSSR count). The summed E-state index contributed by atoms with van der Waals surface area (Å²) in [6.07, 6.45) is 16.9. The van der Waals surface area contributed by atoms with Crippen LogP contribution in [0.25, 0.3) is 0 Å². The first-order valence-electron chi connectivity index (χ1n) is 16.7. The van der Waals surface area contributed by atoms with E-state index >= 15 is 0 Å². The summed E-state index contributed by atoms with van der Waals surface area (Å²) in [4.78, 5) is 0. The van der Waals surface area contributed by atoms with Gasteiger partial charge in [-0.3, -0.25) is 0 Å². The Labute approximate surface area is 250 Å². The highest BCUT2D eigenvalue weighted by Gasteiger charge is 2.65. The summed E-state index contributed by atoms with van der Waals surface area (Å²) in [6.45, 7) is 28.8. The van der Waals surface area contributed by atoms with Gasteiger partial charge in [-0.05, 0) is 176 Å². The maximum Gasteiger partial charge on any atom is 0.242 e. The van der Waals surface area contributed by atoms with E-state index in [1.54, 1.807) is 0 Å². The number of hydrogen-bond acceptors (Lipinski definition) is 3. The highest BCUT2D eigenvalue weighted by molar-refractivity contribution is 6.70. The van der Waals surface area contributed by atoms with Crippen LogP contribution < -0.4 is 0 Å². The van der Waals surface area contributed by atoms with Crippen LogP contribution in [0.2, 0.25) is 58.9 Å². The zero-order chi connectivity index (χ0) is 29.5. The molecule has 40 heavy (non-hydrogen) atoms. The van der Waals surface area contributed by atoms with Crippen molar-refractivity contribution in [3.8, 4) is 0 Å². The van der Waals surface area contributed by atoms with Crippen molar-refractivity contribution in [3.63, 3.8) is 0 Å². The highest BCUT2D eigenvalue weighted by Crippen LogP contribution is 2.70. The fraction of sp³-hybridized carbons (Fsp3) is 0.882. The Kier molecular flexibility index (Phi) is 7.88. The quantitative estimate of drug-likeness (QED) is 0.224. The van der Waals surface area contributed by atoms with Crippen molar-refractivity contribution >= 4 is 25.0 Å². The molecule has 3 nitrogen and oxygen atoms in total. The van der Waals surface area contributed by atoms with Gasteiger partial charge in [0.05, 0.1) is 11.9 Å². The molecule has 9 atom stereocenters. The first-order chi connectivity index (χ1) is 18.2. The van der Waals surface area contributed by atoms with Crippen LogP contribution in [0.15, 0.2) is 23.7 Å². The lowest BCUT2D eigenvalue weighted by Gasteiger charge is -2.63. The third-order valence-corrected chi connectivity index (χ3v) is 14.8. The molecule has 0 N–H and O–H groups in total. The van der Waals surface area contributed by atoms with E-state index in [2.05, 4.69) is 92.0 Å². The van der Waals surface area contributed by atoms with Crippen LogP contribution in [0.3, 0.4) is 0 Å². The Bertz CT molecular complexity index is 1030. The fourth-order valence-electron chi connectivity index (χ4n) is 10.4. The molecule has 0 saturated heterocycles. The largest absolute Gasteiger partial charge is 0.549 e. The molecule has 5 aliphatic carbocycles. The van der Waals surface area contributed by atoms with E-state index in [9.17, 15) is 0 Å². The van der Waals surface area contributed by atoms with Crippen LogP contribution in [0, 0.1) is 46.3 Å². The average molecular weight is 603 g/mol. The standard InChI is InChI=1S/C34H62O3Si3/c1-32-22-25-19-26(23-35-38(4,5)6)31(36-39(7,8)9)21-24(25)20-27(32)13-14-28-29(32)15-17-33(2)30(28)16-18-34(33,3)37-40(10,11)12/h21,23-25,27-30H,13-20,22H2,1-12H3/b26-23+/t24?,25?,27?,28?,29?,30?,32?,33?,34-/m0/s1. The van der Waals surface area contributed by atoms with Crippen molar-refractivity contribution in [3.05, 3.63) is 23.7 Å². The Morgan fingerprint density at radius 2 is 1.48 bits per heavy atom. The topological polar surface area (TPSA) is 27.7 Å². The van der Waals surface area contributed by atoms with Crippen LogP contribution in [0.5, 0.6) is 0 Å². The molecule has 8 unspecified atom stereocenters. The minimum atomic E-state index is -1.70. The van der Waals surface area contributed by atoms with E-state index in [1.807, 2.05) is 0 Å². The second-order valence-corrected chi connectivity index (χ2v) is 31.6. The number of hydrogen-bond donors (Lipinski definition) is 0. The highest BCUT2D eigenvalue weighted by atomic mass is 28.4. The summed E-state index contributed by atoms with van der Waals surface area (Å²) in [7, 11) is -4.94. The van der Waals surface area contributed by atoms with Gasteiger partial charge in [-0.2, -0.15) is 0 Å². The van der Waals surface area contributed by atoms with Crippen molar-refractivity contribution in [2.24, 2.45) is 46.3 Å². The maximum atomic E-state index is 7.05. The predicted molar refractivity (Wildman–Crippen MR) is 177 cm³/mol. The van der Waals surface area contributed by atoms with E-state index in [0.717, 1.165) is 41.8 Å². The second-order valence-electron chi connectivity index (χ2n) is 18.3. The van der Waals surface area contributed by atoms with E-state index in [4.69, 9.17) is 13.3 Å². The van der Waals surface area contributed by atoms with Crippen LogP contribution in [-0.2, 0) is 13.3 Å². The zero-order valence-corrected chi connectivity index (χ0v) is 31.2. The summed E-state index contributed by atoms with van der Waals surface area (Å²) < 4.78 is 20.2. The Morgan fingerprint density at radius 1 is 0.800 bits per heavy atom. The van der Waals surface area contributed by atoms with E-state index < -0.39 is 25.0 Å². The van der Waals surface area contributed by atoms with Crippen molar-refractivity contribution in [2.45, 2.75) is 143 Å². The molecule has 5 aliphatic rings. The normalized spacial score (nSPS) is 44.7. The zero-order valence-electron chi connectivity index (χ0n) is 28.2. The molecule has 0 heterocycles. The van der Waals surface area contributed by atoms with Gasteiger partial charge >= 0.3 is 0 Å². The van der Waals surface area contributed by atoms with Crippen LogP contribution in [0.1, 0.15) is 78.6 Å². The molecular formula is C34H62O3Si3. The van der Waals surface area contributed by atoms with Gasteiger partial charge in [0.2, 0.25) is 16.6 Å². The molecule has 0 bridgehead atoms. The minimum Gasteiger partial charge on any atom is -0.549 e. The number of fused-ring (bicyclic) bond motifs is 6. The molecule has 6 heteroatoms. The summed E-state index contributed by atoms with van der Waals surface area (Å²) >= 11 is 0. The minimum absolute atomic E-state index is 0.0690. The van der Waals surface area contributed by atoms with Crippen molar-refractivity contribution in [2.75, 3.05) is 0 Å². The lowest BCUT2D eigenvalue weighted by atomic mass is 9.42. The first kappa shape index (κ1) is 31.1. The molecule has 0 aromatic heterocycles. The molecule has 228 valence electrons. The molecule has 0 aromatic rings. The van der Waals surface area contributed by atoms with Gasteiger partial charge < -0.3 is 13.3 Å². The third kappa shape index (κ3) is 5.78. The van der Waals surface area contributed by atoms with Crippen molar-refractivity contribution < 1.29 is 13.3 Å². The molecule has 0 aromatic carbocycles. The summed E-state index contributed by atoms with van der Waals surface area (Å²) in [6, 6.07) is 0. The molecule has 4 saturated carbocycles. The molecule has 0 amide bonds. The van der Waals surface area contributed by atoms with Crippen LogP contribution in [-0.4, -0.2) is 30.6 Å². The van der Waals surface area contributed by atoms with Gasteiger partial charge in [0.15, 0.2) is 8.32 Å². The number of allylic oxidation sites excluding steroid dienone is 2. The lowest BCUT2D eigenvalue weighted by molar-refractivity contribution is -0.150. The molecule has 4 fully saturated rings. The maximum absolute atomic E-state index is 7.05. The van der Waals surface area contributed by atoms with Crippen LogP contribution >= 0.6 is 0 Å². The smallest absolute Gasteiger partial charge is 0.242 e. The number of rotatable bonds is 6. The van der Waals surface area contributed by atoms with Gasteiger partial charge in [-0.25, -0.2) is 0 Å². The van der Waals surface area contributed by atoms with Crippen molar-refractivity contribution in [1.82, 2.24) is 0 Å². The Hall–Kier alpha value is -0.309. The molecule has 0 spiro atoms. The van der Waals surface area contributed by atoms with Gasteiger partial charge in [0, 0.05) is 5.57 Å². The van der Waals surface area contributed by atoms with E-state index in [0.29, 0.717) is 16.7 Å². The first-order valence-corrected chi connectivity index (χ1v) is 26.9. The van der Waals surface area contributed by atoms with Gasteiger partial charge in [0.25, 0.3) is 0 Å². The van der Waals surface area contributed by atoms with E-state index in [1.165, 1.54) is 56.9 Å². The summed E-state index contributed by atoms with van der Waals surface area (Å²) in [5, 5.41) is 0. The molecular weight excluding hydrogens is 541 g/mol. The second kappa shape index (κ2) is 10.1. The Balaban J connectivity index is 1.40. The average Bonchev–Trinajstić information content (AvgIpc) is 3.03. The fourth-order valence-corrected chi connectivity index (χ4v) is 13.5. The van der Waals surface area contributed by atoms with Gasteiger partial charge in [0.1, 0.15) is 5.76 Å². The SMILES string of the molecule is CC12CC3C/C(=C\O[Si](C)(C)C)C(O[Si](C)(C)C)=CC3CC1CCC1C2CCC2(C)C1CC[C@]2(C)O[Si](C)(C)C. The van der Waals surface area contributed by atoms with Gasteiger partial charge in [-0.15, -0.1) is 0 Å². The Morgan fingerprint density at radius 3 is 2.10 bits per heavy atom. The predicted octanol–water partition coefficient (Wildman–Crippen LogP) is 10.4. The lowest BCUT2D eigenvalue weighted by Crippen LogP contribution is -2.58. The van der Waals surface area contributed by atoms with Crippen molar-refractivity contribution in [1.29, 1.82) is 0 Å². The summed E-state index contributed by atoms with van der Waals surface area (Å²) in [5.41, 5.74) is 2.22. The third-order valence-electron chi connectivity index (χ3n) is 12.1. The monoisotopic (exact) mass is 602 g/mol. The molecule has 0 aliphatic heterocycles. The van der Waals surface area contributed by atoms with Gasteiger partial charge in [-0.1, -0.05) is 13.8 Å².